The molecule has 0 spiro atoms. The van der Waals surface area contributed by atoms with Crippen molar-refractivity contribution in [2.24, 2.45) is 0 Å². The van der Waals surface area contributed by atoms with Crippen LogP contribution in [-0.2, 0) is 0 Å². The molecule has 1 nitrogen and oxygen atoms in total. The first kappa shape index (κ1) is 11.1. The number of aliphatic hydroxyl groups is 1. The zero-order chi connectivity index (χ0) is 10.7. The maximum absolute atomic E-state index is 13.2. The van der Waals surface area contributed by atoms with Gasteiger partial charge in [0.15, 0.2) is 0 Å². The highest BCUT2D eigenvalue weighted by atomic mass is 19.1. The summed E-state index contributed by atoms with van der Waals surface area (Å²) in [7, 11) is 0. The van der Waals surface area contributed by atoms with Crippen molar-refractivity contribution in [1.82, 2.24) is 0 Å². The van der Waals surface area contributed by atoms with E-state index in [1.165, 1.54) is 0 Å². The fraction of sp³-hybridized carbons (Fsp3) is 0.364. The molecule has 1 radical (unpaired) electrons. The number of aliphatic hydroxyl groups excluding tert-OH is 1. The second-order valence-electron chi connectivity index (χ2n) is 3.25. The van der Waals surface area contributed by atoms with Crippen molar-refractivity contribution in [1.29, 1.82) is 0 Å². The fourth-order valence-electron chi connectivity index (χ4n) is 1.29. The highest BCUT2D eigenvalue weighted by Crippen LogP contribution is 2.24. The van der Waals surface area contributed by atoms with Gasteiger partial charge in [0, 0.05) is 5.92 Å². The van der Waals surface area contributed by atoms with E-state index >= 15 is 0 Å². The van der Waals surface area contributed by atoms with Gasteiger partial charge in [-0.3, -0.25) is 0 Å². The van der Waals surface area contributed by atoms with Crippen LogP contribution in [-0.4, -0.2) is 11.2 Å². The first-order valence-corrected chi connectivity index (χ1v) is 4.52. The van der Waals surface area contributed by atoms with Gasteiger partial charge in [-0.1, -0.05) is 6.92 Å². The molecular formula is C11H13F2O. The van der Waals surface area contributed by atoms with Crippen LogP contribution in [0.25, 0.3) is 0 Å². The Balaban J connectivity index is 2.99. The molecule has 1 aromatic rings. The number of benzene rings is 1. The smallest absolute Gasteiger partial charge is 0.126 e. The van der Waals surface area contributed by atoms with Crippen LogP contribution in [0.2, 0.25) is 0 Å². The van der Waals surface area contributed by atoms with Gasteiger partial charge in [-0.05, 0) is 37.1 Å². The molecule has 0 aliphatic rings. The Hall–Kier alpha value is -0.960. The largest absolute Gasteiger partial charge is 0.393 e. The Labute approximate surface area is 82.4 Å². The summed E-state index contributed by atoms with van der Waals surface area (Å²) in [5.74, 6) is -1.67. The van der Waals surface area contributed by atoms with Crippen molar-refractivity contribution in [2.45, 2.75) is 25.4 Å². The summed E-state index contributed by atoms with van der Waals surface area (Å²) in [6.07, 6.45) is -0.282. The molecule has 3 heteroatoms. The van der Waals surface area contributed by atoms with Crippen LogP contribution in [0.15, 0.2) is 18.2 Å². The van der Waals surface area contributed by atoms with E-state index in [1.807, 2.05) is 0 Å². The predicted octanol–water partition coefficient (Wildman–Crippen LogP) is 2.65. The van der Waals surface area contributed by atoms with Crippen molar-refractivity contribution >= 4 is 0 Å². The molecule has 14 heavy (non-hydrogen) atoms. The van der Waals surface area contributed by atoms with Crippen LogP contribution in [0.1, 0.15) is 24.8 Å². The summed E-state index contributed by atoms with van der Waals surface area (Å²) in [6, 6.07) is 3.17. The van der Waals surface area contributed by atoms with Crippen LogP contribution < -0.4 is 0 Å². The van der Waals surface area contributed by atoms with Crippen LogP contribution >= 0.6 is 0 Å². The highest BCUT2D eigenvalue weighted by Gasteiger charge is 2.18. The minimum Gasteiger partial charge on any atom is -0.393 e. The highest BCUT2D eigenvalue weighted by molar-refractivity contribution is 5.24. The molecule has 0 saturated carbocycles. The van der Waals surface area contributed by atoms with E-state index in [-0.39, 0.29) is 5.56 Å². The fourth-order valence-corrected chi connectivity index (χ4v) is 1.29. The summed E-state index contributed by atoms with van der Waals surface area (Å²) in [5.41, 5.74) is 0.124. The molecule has 1 N–H and O–H groups in total. The molecule has 2 unspecified atom stereocenters. The lowest BCUT2D eigenvalue weighted by atomic mass is 9.93. The maximum atomic E-state index is 13.2. The molecule has 0 amide bonds. The van der Waals surface area contributed by atoms with Crippen LogP contribution in [0.4, 0.5) is 8.78 Å². The Morgan fingerprint density at radius 2 is 2.07 bits per heavy atom. The Morgan fingerprint density at radius 1 is 1.43 bits per heavy atom. The van der Waals surface area contributed by atoms with Crippen molar-refractivity contribution in [2.75, 3.05) is 0 Å². The van der Waals surface area contributed by atoms with E-state index in [0.717, 1.165) is 18.2 Å². The Kier molecular flexibility index (Phi) is 3.58. The molecule has 0 aliphatic heterocycles. The van der Waals surface area contributed by atoms with Crippen molar-refractivity contribution in [3.63, 3.8) is 0 Å². The van der Waals surface area contributed by atoms with Gasteiger partial charge in [-0.2, -0.15) is 0 Å². The zero-order valence-corrected chi connectivity index (χ0v) is 8.00. The molecule has 0 aromatic heterocycles. The lowest BCUT2D eigenvalue weighted by molar-refractivity contribution is 0.152. The quantitative estimate of drug-likeness (QED) is 0.793. The Morgan fingerprint density at radius 3 is 2.64 bits per heavy atom. The van der Waals surface area contributed by atoms with Crippen molar-refractivity contribution in [3.05, 3.63) is 42.3 Å². The number of rotatable bonds is 3. The van der Waals surface area contributed by atoms with Crippen LogP contribution in [0.5, 0.6) is 0 Å². The monoisotopic (exact) mass is 199 g/mol. The van der Waals surface area contributed by atoms with Gasteiger partial charge < -0.3 is 5.11 Å². The third kappa shape index (κ3) is 2.29. The lowest BCUT2D eigenvalue weighted by Crippen LogP contribution is -2.16. The van der Waals surface area contributed by atoms with E-state index < -0.39 is 23.7 Å². The normalized spacial score (nSPS) is 15.2. The average Bonchev–Trinajstić information content (AvgIpc) is 2.19. The number of hydrogen-bond donors (Lipinski definition) is 1. The third-order valence-electron chi connectivity index (χ3n) is 2.24. The molecule has 1 rings (SSSR count). The van der Waals surface area contributed by atoms with Crippen molar-refractivity contribution < 1.29 is 13.9 Å². The summed E-state index contributed by atoms with van der Waals surface area (Å²) in [4.78, 5) is 0. The van der Waals surface area contributed by atoms with E-state index in [9.17, 15) is 13.9 Å². The van der Waals surface area contributed by atoms with Crippen LogP contribution in [0, 0.1) is 18.6 Å². The van der Waals surface area contributed by atoms with Gasteiger partial charge in [0.05, 0.1) is 6.10 Å². The summed E-state index contributed by atoms with van der Waals surface area (Å²) in [5, 5.41) is 9.44. The van der Waals surface area contributed by atoms with Gasteiger partial charge in [0.1, 0.15) is 11.6 Å². The average molecular weight is 199 g/mol. The van der Waals surface area contributed by atoms with E-state index in [4.69, 9.17) is 0 Å². The topological polar surface area (TPSA) is 20.2 Å². The Bertz CT molecular complexity index is 312. The van der Waals surface area contributed by atoms with Gasteiger partial charge in [-0.15, -0.1) is 0 Å². The molecule has 0 aliphatic carbocycles. The maximum Gasteiger partial charge on any atom is 0.126 e. The van der Waals surface area contributed by atoms with Gasteiger partial charge >= 0.3 is 0 Å². The first-order valence-electron chi connectivity index (χ1n) is 4.52. The summed E-state index contributed by atoms with van der Waals surface area (Å²) >= 11 is 0. The molecule has 1 aromatic carbocycles. The van der Waals surface area contributed by atoms with Gasteiger partial charge in [0.2, 0.25) is 0 Å². The predicted molar refractivity (Wildman–Crippen MR) is 50.8 cm³/mol. The third-order valence-corrected chi connectivity index (χ3v) is 2.24. The van der Waals surface area contributed by atoms with E-state index in [0.29, 0.717) is 6.42 Å². The first-order chi connectivity index (χ1) is 6.56. The van der Waals surface area contributed by atoms with E-state index in [2.05, 4.69) is 6.92 Å². The van der Waals surface area contributed by atoms with E-state index in [1.54, 1.807) is 6.92 Å². The minimum absolute atomic E-state index is 0.124. The summed E-state index contributed by atoms with van der Waals surface area (Å²) < 4.78 is 26.0. The number of halogens is 2. The zero-order valence-electron chi connectivity index (χ0n) is 8.00. The molecule has 2 atom stereocenters. The van der Waals surface area contributed by atoms with Crippen molar-refractivity contribution in [3.8, 4) is 0 Å². The molecule has 0 heterocycles. The molecular weight excluding hydrogens is 186 g/mol. The molecule has 0 fully saturated rings. The van der Waals surface area contributed by atoms with Gasteiger partial charge in [-0.25, -0.2) is 8.78 Å². The van der Waals surface area contributed by atoms with Crippen LogP contribution in [0.3, 0.4) is 0 Å². The molecule has 0 bridgehead atoms. The SMILES string of the molecule is [CH2]C(c1cc(F)ccc1F)C(O)CC. The standard InChI is InChI=1S/C11H13F2O/c1-3-11(14)7(2)9-6-8(12)4-5-10(9)13/h4-7,11,14H,2-3H2,1H3. The molecule has 77 valence electrons. The second-order valence-corrected chi connectivity index (χ2v) is 3.25. The second kappa shape index (κ2) is 4.51. The lowest BCUT2D eigenvalue weighted by Gasteiger charge is -2.17. The summed E-state index contributed by atoms with van der Waals surface area (Å²) in [6.45, 7) is 5.39. The number of hydrogen-bond acceptors (Lipinski definition) is 1. The van der Waals surface area contributed by atoms with Gasteiger partial charge in [0.25, 0.3) is 0 Å². The molecule has 0 saturated heterocycles. The minimum atomic E-state index is -0.744.